The summed E-state index contributed by atoms with van der Waals surface area (Å²) in [5.41, 5.74) is 0. The molecule has 1 aromatic rings. The minimum Gasteiger partial charge on any atom is -0.300 e. The first kappa shape index (κ1) is 11.7. The van der Waals surface area contributed by atoms with Crippen molar-refractivity contribution in [3.05, 3.63) is 24.4 Å². The topological polar surface area (TPSA) is 33.2 Å². The van der Waals surface area contributed by atoms with E-state index in [1.807, 2.05) is 25.1 Å². The van der Waals surface area contributed by atoms with Crippen molar-refractivity contribution in [2.24, 2.45) is 11.8 Å². The van der Waals surface area contributed by atoms with Gasteiger partial charge in [-0.1, -0.05) is 26.8 Å². The van der Waals surface area contributed by atoms with E-state index in [-0.39, 0.29) is 11.8 Å². The third-order valence-electron chi connectivity index (χ3n) is 2.71. The second-order valence-electron chi connectivity index (χ2n) is 4.12. The fraction of sp³-hybridized carbons (Fsp3) is 0.500. The highest BCUT2D eigenvalue weighted by Gasteiger charge is 2.21. The normalized spacial score (nSPS) is 12.6. The van der Waals surface area contributed by atoms with Crippen LogP contribution in [-0.2, 0) is 4.79 Å². The van der Waals surface area contributed by atoms with Gasteiger partial charge in [0.15, 0.2) is 0 Å². The molecule has 1 aromatic heterocycles. The zero-order valence-corrected chi connectivity index (χ0v) is 9.77. The number of carbonyl (C=O) groups excluding carboxylic acids is 1. The van der Waals surface area contributed by atoms with Gasteiger partial charge in [-0.25, -0.2) is 4.98 Å². The van der Waals surface area contributed by atoms with Crippen LogP contribution in [0.5, 0.6) is 0 Å². The van der Waals surface area contributed by atoms with Crippen LogP contribution in [0, 0.1) is 11.8 Å². The number of nitrogens with zero attached hydrogens (tertiary/aromatic N) is 2. The number of aromatic nitrogens is 1. The van der Waals surface area contributed by atoms with Crippen molar-refractivity contribution < 1.29 is 4.79 Å². The first-order valence-corrected chi connectivity index (χ1v) is 5.22. The van der Waals surface area contributed by atoms with E-state index < -0.39 is 0 Å². The molecule has 0 aliphatic rings. The summed E-state index contributed by atoms with van der Waals surface area (Å²) >= 11 is 0. The molecule has 3 nitrogen and oxygen atoms in total. The Bertz CT molecular complexity index is 322. The Kier molecular flexibility index (Phi) is 3.83. The number of hydrogen-bond acceptors (Lipinski definition) is 2. The van der Waals surface area contributed by atoms with Crippen molar-refractivity contribution in [1.29, 1.82) is 0 Å². The lowest BCUT2D eigenvalue weighted by atomic mass is 9.97. The number of carbonyl (C=O) groups is 1. The van der Waals surface area contributed by atoms with Crippen molar-refractivity contribution in [3.8, 4) is 0 Å². The van der Waals surface area contributed by atoms with Crippen LogP contribution >= 0.6 is 0 Å². The molecule has 0 N–H and O–H groups in total. The second-order valence-corrected chi connectivity index (χ2v) is 4.12. The molecule has 0 radical (unpaired) electrons. The highest BCUT2D eigenvalue weighted by atomic mass is 16.2. The van der Waals surface area contributed by atoms with E-state index in [2.05, 4.69) is 18.8 Å². The molecule has 0 aromatic carbocycles. The molecule has 1 atom stereocenters. The maximum Gasteiger partial charge on any atom is 0.230 e. The Morgan fingerprint density at radius 1 is 1.33 bits per heavy atom. The minimum absolute atomic E-state index is 0.0250. The summed E-state index contributed by atoms with van der Waals surface area (Å²) in [6.07, 6.45) is 1.69. The minimum atomic E-state index is 0.0250. The summed E-state index contributed by atoms with van der Waals surface area (Å²) in [7, 11) is 1.77. The SMILES string of the molecule is CC(C)[C@H](C)C(=O)N(C)c1ccccn1. The zero-order chi connectivity index (χ0) is 11.4. The van der Waals surface area contributed by atoms with Gasteiger partial charge >= 0.3 is 0 Å². The molecule has 1 heterocycles. The van der Waals surface area contributed by atoms with E-state index in [1.165, 1.54) is 0 Å². The molecule has 0 unspecified atom stereocenters. The Balaban J connectivity index is 2.78. The molecule has 0 saturated carbocycles. The number of hydrogen-bond donors (Lipinski definition) is 0. The van der Waals surface area contributed by atoms with Crippen LogP contribution in [0.15, 0.2) is 24.4 Å². The van der Waals surface area contributed by atoms with E-state index in [9.17, 15) is 4.79 Å². The Morgan fingerprint density at radius 3 is 2.47 bits per heavy atom. The number of amides is 1. The molecule has 3 heteroatoms. The Labute approximate surface area is 91.1 Å². The maximum absolute atomic E-state index is 12.0. The fourth-order valence-electron chi connectivity index (χ4n) is 1.26. The van der Waals surface area contributed by atoms with Crippen LogP contribution in [0.4, 0.5) is 5.82 Å². The first-order valence-electron chi connectivity index (χ1n) is 5.22. The summed E-state index contributed by atoms with van der Waals surface area (Å²) < 4.78 is 0. The van der Waals surface area contributed by atoms with Gasteiger partial charge in [-0.2, -0.15) is 0 Å². The summed E-state index contributed by atoms with van der Waals surface area (Å²) in [4.78, 5) is 17.7. The lowest BCUT2D eigenvalue weighted by molar-refractivity contribution is -0.122. The first-order chi connectivity index (χ1) is 7.04. The average molecular weight is 206 g/mol. The van der Waals surface area contributed by atoms with Gasteiger partial charge in [0.25, 0.3) is 0 Å². The molecule has 1 rings (SSSR count). The molecule has 82 valence electrons. The molecule has 0 fully saturated rings. The molecule has 0 aliphatic heterocycles. The lowest BCUT2D eigenvalue weighted by Crippen LogP contribution is -2.34. The van der Waals surface area contributed by atoms with Crippen molar-refractivity contribution in [3.63, 3.8) is 0 Å². The van der Waals surface area contributed by atoms with Crippen molar-refractivity contribution in [2.75, 3.05) is 11.9 Å². The van der Waals surface area contributed by atoms with E-state index in [0.29, 0.717) is 11.7 Å². The fourth-order valence-corrected chi connectivity index (χ4v) is 1.26. The third-order valence-corrected chi connectivity index (χ3v) is 2.71. The number of pyridine rings is 1. The average Bonchev–Trinajstić information content (AvgIpc) is 2.27. The van der Waals surface area contributed by atoms with Gasteiger partial charge in [0.1, 0.15) is 5.82 Å². The van der Waals surface area contributed by atoms with Crippen molar-refractivity contribution in [2.45, 2.75) is 20.8 Å². The van der Waals surface area contributed by atoms with Crippen LogP contribution < -0.4 is 4.90 Å². The third kappa shape index (κ3) is 2.78. The van der Waals surface area contributed by atoms with Crippen LogP contribution in [0.25, 0.3) is 0 Å². The molecule has 15 heavy (non-hydrogen) atoms. The lowest BCUT2D eigenvalue weighted by Gasteiger charge is -2.22. The predicted octanol–water partition coefficient (Wildman–Crippen LogP) is 2.34. The van der Waals surface area contributed by atoms with Gasteiger partial charge in [-0.15, -0.1) is 0 Å². The summed E-state index contributed by atoms with van der Waals surface area (Å²) in [6.45, 7) is 6.05. The Hall–Kier alpha value is -1.38. The highest BCUT2D eigenvalue weighted by molar-refractivity contribution is 5.93. The van der Waals surface area contributed by atoms with E-state index in [4.69, 9.17) is 0 Å². The van der Waals surface area contributed by atoms with E-state index in [0.717, 1.165) is 0 Å². The van der Waals surface area contributed by atoms with Crippen LogP contribution in [0.1, 0.15) is 20.8 Å². The summed E-state index contributed by atoms with van der Waals surface area (Å²) in [5, 5.41) is 0. The van der Waals surface area contributed by atoms with Gasteiger partial charge in [0.05, 0.1) is 0 Å². The van der Waals surface area contributed by atoms with Crippen LogP contribution in [0.2, 0.25) is 0 Å². The number of anilines is 1. The molecule has 0 spiro atoms. The predicted molar refractivity (Wildman–Crippen MR) is 61.6 cm³/mol. The van der Waals surface area contributed by atoms with Crippen molar-refractivity contribution in [1.82, 2.24) is 4.98 Å². The molecular weight excluding hydrogens is 188 g/mol. The molecular formula is C12H18N2O. The van der Waals surface area contributed by atoms with Crippen LogP contribution in [0.3, 0.4) is 0 Å². The number of rotatable bonds is 3. The largest absolute Gasteiger partial charge is 0.300 e. The standard InChI is InChI=1S/C12H18N2O/c1-9(2)10(3)12(15)14(4)11-7-5-6-8-13-11/h5-10H,1-4H3/t10-/m0/s1. The molecule has 1 amide bonds. The van der Waals surface area contributed by atoms with Gasteiger partial charge < -0.3 is 0 Å². The smallest absolute Gasteiger partial charge is 0.230 e. The quantitative estimate of drug-likeness (QED) is 0.760. The maximum atomic E-state index is 12.0. The summed E-state index contributed by atoms with van der Waals surface area (Å²) in [6, 6.07) is 5.56. The van der Waals surface area contributed by atoms with Crippen molar-refractivity contribution >= 4 is 11.7 Å². The summed E-state index contributed by atoms with van der Waals surface area (Å²) in [5.74, 6) is 1.19. The van der Waals surface area contributed by atoms with Crippen LogP contribution in [-0.4, -0.2) is 17.9 Å². The zero-order valence-electron chi connectivity index (χ0n) is 9.77. The Morgan fingerprint density at radius 2 is 2.00 bits per heavy atom. The van der Waals surface area contributed by atoms with Gasteiger partial charge in [-0.3, -0.25) is 9.69 Å². The van der Waals surface area contributed by atoms with E-state index >= 15 is 0 Å². The monoisotopic (exact) mass is 206 g/mol. The molecule has 0 bridgehead atoms. The molecule has 0 saturated heterocycles. The van der Waals surface area contributed by atoms with E-state index in [1.54, 1.807) is 18.1 Å². The van der Waals surface area contributed by atoms with Gasteiger partial charge in [0.2, 0.25) is 5.91 Å². The van der Waals surface area contributed by atoms with Gasteiger partial charge in [0, 0.05) is 19.2 Å². The van der Waals surface area contributed by atoms with Gasteiger partial charge in [-0.05, 0) is 18.1 Å². The highest BCUT2D eigenvalue weighted by Crippen LogP contribution is 2.16. The molecule has 0 aliphatic carbocycles. The second kappa shape index (κ2) is 4.91.